The minimum atomic E-state index is -0.353. The first kappa shape index (κ1) is 11.5. The summed E-state index contributed by atoms with van der Waals surface area (Å²) in [5, 5.41) is 7.26. The molecule has 1 saturated heterocycles. The molecule has 1 fully saturated rings. The van der Waals surface area contributed by atoms with Gasteiger partial charge in [-0.3, -0.25) is 0 Å². The van der Waals surface area contributed by atoms with E-state index in [4.69, 9.17) is 9.26 Å². The Morgan fingerprint density at radius 1 is 1.56 bits per heavy atom. The second-order valence-corrected chi connectivity index (χ2v) is 4.42. The maximum Gasteiger partial charge on any atom is 0.243 e. The van der Waals surface area contributed by atoms with E-state index in [1.807, 2.05) is 13.8 Å². The molecule has 0 saturated carbocycles. The monoisotopic (exact) mass is 225 g/mol. The fraction of sp³-hybridized carbons (Fsp3) is 0.818. The largest absolute Gasteiger partial charge is 0.367 e. The van der Waals surface area contributed by atoms with Crippen LogP contribution in [0.4, 0.5) is 0 Å². The van der Waals surface area contributed by atoms with Crippen LogP contribution in [-0.2, 0) is 10.3 Å². The molecule has 0 radical (unpaired) electrons. The summed E-state index contributed by atoms with van der Waals surface area (Å²) >= 11 is 0. The molecular weight excluding hydrogens is 206 g/mol. The highest BCUT2D eigenvalue weighted by Gasteiger charge is 2.36. The van der Waals surface area contributed by atoms with Gasteiger partial charge >= 0.3 is 0 Å². The van der Waals surface area contributed by atoms with Crippen LogP contribution in [-0.4, -0.2) is 23.3 Å². The third-order valence-corrected chi connectivity index (χ3v) is 3.01. The van der Waals surface area contributed by atoms with E-state index in [0.717, 1.165) is 26.0 Å². The summed E-state index contributed by atoms with van der Waals surface area (Å²) < 4.78 is 10.9. The standard InChI is InChI=1S/C11H19N3O2/c1-4-12-8(2)9-13-10(14-16-9)11(3)6-5-7-15-11/h8,12H,4-7H2,1-3H3. The summed E-state index contributed by atoms with van der Waals surface area (Å²) in [5.74, 6) is 1.30. The van der Waals surface area contributed by atoms with Crippen LogP contribution in [0.1, 0.15) is 51.4 Å². The average molecular weight is 225 g/mol. The molecule has 0 spiro atoms. The predicted molar refractivity (Wildman–Crippen MR) is 58.9 cm³/mol. The zero-order valence-electron chi connectivity index (χ0n) is 10.1. The van der Waals surface area contributed by atoms with Crippen molar-refractivity contribution in [1.29, 1.82) is 0 Å². The van der Waals surface area contributed by atoms with Crippen LogP contribution in [0.15, 0.2) is 4.52 Å². The van der Waals surface area contributed by atoms with E-state index in [0.29, 0.717) is 11.7 Å². The zero-order chi connectivity index (χ0) is 11.6. The molecule has 1 aliphatic rings. The molecule has 2 unspecified atom stereocenters. The third kappa shape index (κ3) is 2.10. The molecular formula is C11H19N3O2. The van der Waals surface area contributed by atoms with Gasteiger partial charge < -0.3 is 14.6 Å². The topological polar surface area (TPSA) is 60.2 Å². The minimum absolute atomic E-state index is 0.0938. The van der Waals surface area contributed by atoms with Crippen LogP contribution in [0.2, 0.25) is 0 Å². The highest BCUT2D eigenvalue weighted by molar-refractivity contribution is 5.02. The molecule has 0 bridgehead atoms. The SMILES string of the molecule is CCNC(C)c1nc(C2(C)CCCO2)no1. The second-order valence-electron chi connectivity index (χ2n) is 4.42. The Kier molecular flexibility index (Phi) is 3.25. The zero-order valence-corrected chi connectivity index (χ0v) is 10.1. The minimum Gasteiger partial charge on any atom is -0.367 e. The van der Waals surface area contributed by atoms with Crippen molar-refractivity contribution in [2.24, 2.45) is 0 Å². The summed E-state index contributed by atoms with van der Waals surface area (Å²) in [6, 6.07) is 0.0938. The molecule has 1 aromatic heterocycles. The summed E-state index contributed by atoms with van der Waals surface area (Å²) in [5.41, 5.74) is -0.353. The molecule has 0 aromatic carbocycles. The smallest absolute Gasteiger partial charge is 0.243 e. The molecule has 90 valence electrons. The number of hydrogen-bond donors (Lipinski definition) is 1. The lowest BCUT2D eigenvalue weighted by atomic mass is 10.0. The van der Waals surface area contributed by atoms with E-state index < -0.39 is 0 Å². The summed E-state index contributed by atoms with van der Waals surface area (Å²) in [6.45, 7) is 7.75. The van der Waals surface area contributed by atoms with Crippen molar-refractivity contribution in [2.45, 2.75) is 45.3 Å². The average Bonchev–Trinajstić information content (AvgIpc) is 2.86. The van der Waals surface area contributed by atoms with E-state index in [-0.39, 0.29) is 11.6 Å². The Balaban J connectivity index is 2.12. The molecule has 5 nitrogen and oxygen atoms in total. The van der Waals surface area contributed by atoms with Crippen LogP contribution < -0.4 is 5.32 Å². The van der Waals surface area contributed by atoms with E-state index in [9.17, 15) is 0 Å². The highest BCUT2D eigenvalue weighted by Crippen LogP contribution is 2.33. The van der Waals surface area contributed by atoms with Gasteiger partial charge in [-0.05, 0) is 33.2 Å². The molecule has 16 heavy (non-hydrogen) atoms. The van der Waals surface area contributed by atoms with Gasteiger partial charge in [-0.1, -0.05) is 12.1 Å². The quantitative estimate of drug-likeness (QED) is 0.846. The van der Waals surface area contributed by atoms with Crippen LogP contribution in [0.3, 0.4) is 0 Å². The first-order chi connectivity index (χ1) is 7.65. The highest BCUT2D eigenvalue weighted by atomic mass is 16.5. The van der Waals surface area contributed by atoms with Crippen molar-refractivity contribution in [2.75, 3.05) is 13.2 Å². The lowest BCUT2D eigenvalue weighted by Gasteiger charge is -2.17. The fourth-order valence-corrected chi connectivity index (χ4v) is 1.97. The Morgan fingerprint density at radius 2 is 2.38 bits per heavy atom. The van der Waals surface area contributed by atoms with Crippen LogP contribution in [0.25, 0.3) is 0 Å². The molecule has 5 heteroatoms. The van der Waals surface area contributed by atoms with Gasteiger partial charge in [0, 0.05) is 6.61 Å². The number of ether oxygens (including phenoxy) is 1. The van der Waals surface area contributed by atoms with Crippen molar-refractivity contribution in [3.63, 3.8) is 0 Å². The van der Waals surface area contributed by atoms with Crippen LogP contribution in [0, 0.1) is 0 Å². The maximum absolute atomic E-state index is 5.67. The fourth-order valence-electron chi connectivity index (χ4n) is 1.97. The number of hydrogen-bond acceptors (Lipinski definition) is 5. The molecule has 2 heterocycles. The Bertz CT molecular complexity index is 345. The Morgan fingerprint density at radius 3 is 3.00 bits per heavy atom. The van der Waals surface area contributed by atoms with Crippen molar-refractivity contribution in [1.82, 2.24) is 15.5 Å². The van der Waals surface area contributed by atoms with Crippen molar-refractivity contribution >= 4 is 0 Å². The maximum atomic E-state index is 5.67. The Labute approximate surface area is 95.6 Å². The first-order valence-corrected chi connectivity index (χ1v) is 5.87. The molecule has 1 aromatic rings. The molecule has 0 amide bonds. The van der Waals surface area contributed by atoms with Gasteiger partial charge in [0.1, 0.15) is 5.60 Å². The number of nitrogens with zero attached hydrogens (tertiary/aromatic N) is 2. The lowest BCUT2D eigenvalue weighted by Crippen LogP contribution is -2.22. The first-order valence-electron chi connectivity index (χ1n) is 5.87. The van der Waals surface area contributed by atoms with E-state index in [1.54, 1.807) is 0 Å². The third-order valence-electron chi connectivity index (χ3n) is 3.01. The molecule has 1 aliphatic heterocycles. The Hall–Kier alpha value is -0.940. The van der Waals surface area contributed by atoms with Crippen LogP contribution in [0.5, 0.6) is 0 Å². The van der Waals surface area contributed by atoms with Gasteiger partial charge in [0.25, 0.3) is 0 Å². The molecule has 1 N–H and O–H groups in total. The molecule has 2 rings (SSSR count). The number of nitrogens with one attached hydrogen (secondary N) is 1. The van der Waals surface area contributed by atoms with Gasteiger partial charge in [-0.2, -0.15) is 4.98 Å². The predicted octanol–water partition coefficient (Wildman–Crippen LogP) is 1.77. The summed E-state index contributed by atoms with van der Waals surface area (Å²) in [7, 11) is 0. The lowest BCUT2D eigenvalue weighted by molar-refractivity contribution is 0.00768. The van der Waals surface area contributed by atoms with E-state index in [1.165, 1.54) is 0 Å². The summed E-state index contributed by atoms with van der Waals surface area (Å²) in [6.07, 6.45) is 2.02. The van der Waals surface area contributed by atoms with Crippen LogP contribution >= 0.6 is 0 Å². The van der Waals surface area contributed by atoms with Gasteiger partial charge in [0.05, 0.1) is 6.04 Å². The van der Waals surface area contributed by atoms with Crippen molar-refractivity contribution in [3.8, 4) is 0 Å². The van der Waals surface area contributed by atoms with Gasteiger partial charge in [0.15, 0.2) is 0 Å². The van der Waals surface area contributed by atoms with Crippen molar-refractivity contribution in [3.05, 3.63) is 11.7 Å². The van der Waals surface area contributed by atoms with Crippen molar-refractivity contribution < 1.29 is 9.26 Å². The van der Waals surface area contributed by atoms with E-state index >= 15 is 0 Å². The summed E-state index contributed by atoms with van der Waals surface area (Å²) in [4.78, 5) is 4.42. The molecule has 2 atom stereocenters. The van der Waals surface area contributed by atoms with Gasteiger partial charge in [-0.15, -0.1) is 0 Å². The number of rotatable bonds is 4. The van der Waals surface area contributed by atoms with Gasteiger partial charge in [-0.25, -0.2) is 0 Å². The number of aromatic nitrogens is 2. The second kappa shape index (κ2) is 4.51. The van der Waals surface area contributed by atoms with E-state index in [2.05, 4.69) is 22.4 Å². The van der Waals surface area contributed by atoms with Gasteiger partial charge in [0.2, 0.25) is 11.7 Å². The normalized spacial score (nSPS) is 27.2. The molecule has 0 aliphatic carbocycles.